The normalized spacial score (nSPS) is 12.6. The predicted molar refractivity (Wildman–Crippen MR) is 49.7 cm³/mol. The maximum atomic E-state index is 12.7. The topological polar surface area (TPSA) is 12.0 Å². The Balaban J connectivity index is 2.73. The van der Waals surface area contributed by atoms with E-state index in [0.29, 0.717) is 5.69 Å². The Morgan fingerprint density at radius 3 is 2.54 bits per heavy atom. The summed E-state index contributed by atoms with van der Waals surface area (Å²) >= 11 is 0. The molecule has 3 heteroatoms. The van der Waals surface area contributed by atoms with Crippen molar-refractivity contribution in [2.75, 3.05) is 5.32 Å². The van der Waals surface area contributed by atoms with Gasteiger partial charge in [0.05, 0.1) is 0 Å². The summed E-state index contributed by atoms with van der Waals surface area (Å²) in [5.41, 5.74) is 0.619. The SMILES string of the molecule is CCC(C)Nc1ccc(F)c(F)c1. The largest absolute Gasteiger partial charge is 0.383 e. The summed E-state index contributed by atoms with van der Waals surface area (Å²) in [7, 11) is 0. The molecule has 1 aromatic rings. The molecule has 0 heterocycles. The van der Waals surface area contributed by atoms with Crippen molar-refractivity contribution < 1.29 is 8.78 Å². The zero-order valence-electron chi connectivity index (χ0n) is 7.77. The Bertz CT molecular complexity index is 286. The molecule has 1 rings (SSSR count). The molecule has 1 atom stereocenters. The van der Waals surface area contributed by atoms with Gasteiger partial charge >= 0.3 is 0 Å². The van der Waals surface area contributed by atoms with E-state index >= 15 is 0 Å². The number of halogens is 2. The molecule has 1 nitrogen and oxygen atoms in total. The molecule has 0 saturated carbocycles. The molecular formula is C10H13F2N. The first-order valence-corrected chi connectivity index (χ1v) is 4.35. The number of nitrogens with one attached hydrogen (secondary N) is 1. The van der Waals surface area contributed by atoms with Crippen LogP contribution in [0.5, 0.6) is 0 Å². The van der Waals surface area contributed by atoms with Crippen molar-refractivity contribution in [1.82, 2.24) is 0 Å². The van der Waals surface area contributed by atoms with Gasteiger partial charge in [0.25, 0.3) is 0 Å². The molecule has 13 heavy (non-hydrogen) atoms. The average Bonchev–Trinajstić information content (AvgIpc) is 2.11. The van der Waals surface area contributed by atoms with E-state index in [1.165, 1.54) is 12.1 Å². The molecule has 1 N–H and O–H groups in total. The van der Waals surface area contributed by atoms with E-state index in [0.717, 1.165) is 12.5 Å². The summed E-state index contributed by atoms with van der Waals surface area (Å²) in [6.45, 7) is 4.01. The molecule has 0 aliphatic carbocycles. The smallest absolute Gasteiger partial charge is 0.160 e. The fourth-order valence-electron chi connectivity index (χ4n) is 0.972. The first kappa shape index (κ1) is 9.96. The zero-order valence-corrected chi connectivity index (χ0v) is 7.77. The quantitative estimate of drug-likeness (QED) is 0.762. The highest BCUT2D eigenvalue weighted by molar-refractivity contribution is 5.44. The zero-order chi connectivity index (χ0) is 9.84. The number of hydrogen-bond acceptors (Lipinski definition) is 1. The molecule has 0 saturated heterocycles. The lowest BCUT2D eigenvalue weighted by atomic mass is 10.2. The highest BCUT2D eigenvalue weighted by atomic mass is 19.2. The lowest BCUT2D eigenvalue weighted by molar-refractivity contribution is 0.509. The van der Waals surface area contributed by atoms with Gasteiger partial charge in [0, 0.05) is 17.8 Å². The maximum Gasteiger partial charge on any atom is 0.160 e. The van der Waals surface area contributed by atoms with Crippen LogP contribution < -0.4 is 5.32 Å². The van der Waals surface area contributed by atoms with Gasteiger partial charge in [-0.2, -0.15) is 0 Å². The lowest BCUT2D eigenvalue weighted by Crippen LogP contribution is -2.13. The minimum absolute atomic E-state index is 0.268. The van der Waals surface area contributed by atoms with Gasteiger partial charge in [-0.25, -0.2) is 8.78 Å². The molecule has 1 aromatic carbocycles. The highest BCUT2D eigenvalue weighted by Crippen LogP contribution is 2.14. The van der Waals surface area contributed by atoms with Crippen LogP contribution >= 0.6 is 0 Å². The predicted octanol–water partition coefficient (Wildman–Crippen LogP) is 3.18. The van der Waals surface area contributed by atoms with Gasteiger partial charge in [-0.1, -0.05) is 6.92 Å². The first-order valence-electron chi connectivity index (χ1n) is 4.35. The van der Waals surface area contributed by atoms with Crippen LogP contribution in [-0.4, -0.2) is 6.04 Å². The summed E-state index contributed by atoms with van der Waals surface area (Å²) in [6.07, 6.45) is 0.943. The maximum absolute atomic E-state index is 12.7. The van der Waals surface area contributed by atoms with E-state index in [9.17, 15) is 8.78 Å². The molecule has 0 aromatic heterocycles. The molecule has 0 aliphatic heterocycles. The van der Waals surface area contributed by atoms with Gasteiger partial charge in [-0.15, -0.1) is 0 Å². The van der Waals surface area contributed by atoms with Gasteiger partial charge in [0.2, 0.25) is 0 Å². The van der Waals surface area contributed by atoms with Crippen molar-refractivity contribution >= 4 is 5.69 Å². The van der Waals surface area contributed by atoms with E-state index in [2.05, 4.69) is 5.32 Å². The van der Waals surface area contributed by atoms with Crippen molar-refractivity contribution in [3.63, 3.8) is 0 Å². The van der Waals surface area contributed by atoms with Gasteiger partial charge in [-0.3, -0.25) is 0 Å². The summed E-state index contributed by atoms with van der Waals surface area (Å²) in [5, 5.41) is 3.05. The van der Waals surface area contributed by atoms with Crippen LogP contribution in [0.2, 0.25) is 0 Å². The third-order valence-corrected chi connectivity index (χ3v) is 1.95. The molecule has 0 aliphatic rings. The Hall–Kier alpha value is -1.12. The van der Waals surface area contributed by atoms with Crippen LogP contribution in [0.4, 0.5) is 14.5 Å². The lowest BCUT2D eigenvalue weighted by Gasteiger charge is -2.12. The molecule has 0 amide bonds. The number of benzene rings is 1. The van der Waals surface area contributed by atoms with E-state index < -0.39 is 11.6 Å². The van der Waals surface area contributed by atoms with E-state index in [-0.39, 0.29) is 6.04 Å². The molecule has 0 fully saturated rings. The van der Waals surface area contributed by atoms with E-state index in [1.807, 2.05) is 13.8 Å². The van der Waals surface area contributed by atoms with Crippen LogP contribution in [0, 0.1) is 11.6 Å². The van der Waals surface area contributed by atoms with Crippen molar-refractivity contribution in [2.45, 2.75) is 26.3 Å². The second-order valence-corrected chi connectivity index (χ2v) is 3.08. The number of anilines is 1. The summed E-state index contributed by atoms with van der Waals surface area (Å²) < 4.78 is 25.2. The standard InChI is InChI=1S/C10H13F2N/c1-3-7(2)13-8-4-5-9(11)10(12)6-8/h4-7,13H,3H2,1-2H3. The number of rotatable bonds is 3. The second-order valence-electron chi connectivity index (χ2n) is 3.08. The molecule has 72 valence electrons. The summed E-state index contributed by atoms with van der Waals surface area (Å²) in [4.78, 5) is 0. The average molecular weight is 185 g/mol. The fourth-order valence-corrected chi connectivity index (χ4v) is 0.972. The van der Waals surface area contributed by atoms with Crippen LogP contribution in [0.15, 0.2) is 18.2 Å². The van der Waals surface area contributed by atoms with Crippen molar-refractivity contribution in [2.24, 2.45) is 0 Å². The monoisotopic (exact) mass is 185 g/mol. The fraction of sp³-hybridized carbons (Fsp3) is 0.400. The van der Waals surface area contributed by atoms with Gasteiger partial charge in [-0.05, 0) is 25.5 Å². The Kier molecular flexibility index (Phi) is 3.23. The molecular weight excluding hydrogens is 172 g/mol. The van der Waals surface area contributed by atoms with Gasteiger partial charge < -0.3 is 5.32 Å². The van der Waals surface area contributed by atoms with Crippen molar-refractivity contribution in [3.05, 3.63) is 29.8 Å². The minimum Gasteiger partial charge on any atom is -0.383 e. The molecule has 0 spiro atoms. The molecule has 0 bridgehead atoms. The Labute approximate surface area is 76.8 Å². The Morgan fingerprint density at radius 2 is 2.00 bits per heavy atom. The molecule has 1 unspecified atom stereocenters. The van der Waals surface area contributed by atoms with Crippen LogP contribution in [-0.2, 0) is 0 Å². The van der Waals surface area contributed by atoms with E-state index in [1.54, 1.807) is 0 Å². The van der Waals surface area contributed by atoms with E-state index in [4.69, 9.17) is 0 Å². The second kappa shape index (κ2) is 4.21. The van der Waals surface area contributed by atoms with Crippen molar-refractivity contribution in [1.29, 1.82) is 0 Å². The third kappa shape index (κ3) is 2.68. The highest BCUT2D eigenvalue weighted by Gasteiger charge is 2.03. The van der Waals surface area contributed by atoms with Crippen molar-refractivity contribution in [3.8, 4) is 0 Å². The first-order chi connectivity index (χ1) is 6.13. The Morgan fingerprint density at radius 1 is 1.31 bits per heavy atom. The number of hydrogen-bond donors (Lipinski definition) is 1. The summed E-state index contributed by atoms with van der Waals surface area (Å²) in [6, 6.07) is 4.09. The summed E-state index contributed by atoms with van der Waals surface area (Å²) in [5.74, 6) is -1.62. The van der Waals surface area contributed by atoms with Crippen LogP contribution in [0.3, 0.4) is 0 Å². The minimum atomic E-state index is -0.812. The van der Waals surface area contributed by atoms with Crippen LogP contribution in [0.25, 0.3) is 0 Å². The van der Waals surface area contributed by atoms with Crippen LogP contribution in [0.1, 0.15) is 20.3 Å². The van der Waals surface area contributed by atoms with Gasteiger partial charge in [0.1, 0.15) is 0 Å². The van der Waals surface area contributed by atoms with Gasteiger partial charge in [0.15, 0.2) is 11.6 Å². The molecule has 0 radical (unpaired) electrons. The third-order valence-electron chi connectivity index (χ3n) is 1.95.